The number of unbranched alkanes of at least 4 members (excludes halogenated alkanes) is 2. The van der Waals surface area contributed by atoms with Gasteiger partial charge >= 0.3 is 5.97 Å². The van der Waals surface area contributed by atoms with Gasteiger partial charge < -0.3 is 15.2 Å². The summed E-state index contributed by atoms with van der Waals surface area (Å²) in [4.78, 5) is 22.1. The lowest BCUT2D eigenvalue weighted by Crippen LogP contribution is -2.18. The zero-order valence-corrected chi connectivity index (χ0v) is 12.4. The first-order chi connectivity index (χ1) is 10.1. The lowest BCUT2D eigenvalue weighted by atomic mass is 10.1. The Hall–Kier alpha value is -1.88. The molecule has 1 amide bonds. The standard InChI is InChI=1S/C16H23NO4/c1-2-3-4-11-21-12-15(18)17-14-8-5-13(6-9-14)7-10-16(19)20/h5-6,8-9H,2-4,7,10-12H2,1H3,(H,17,18)(H,19,20). The Morgan fingerprint density at radius 3 is 2.52 bits per heavy atom. The van der Waals surface area contributed by atoms with E-state index in [2.05, 4.69) is 12.2 Å². The third-order valence-corrected chi connectivity index (χ3v) is 2.99. The fourth-order valence-corrected chi connectivity index (χ4v) is 1.82. The van der Waals surface area contributed by atoms with Crippen molar-refractivity contribution < 1.29 is 19.4 Å². The summed E-state index contributed by atoms with van der Waals surface area (Å²) in [6, 6.07) is 7.18. The maximum absolute atomic E-state index is 11.6. The number of anilines is 1. The number of aliphatic carboxylic acids is 1. The molecule has 0 heterocycles. The molecule has 1 aromatic carbocycles. The van der Waals surface area contributed by atoms with Crippen molar-refractivity contribution in [3.63, 3.8) is 0 Å². The van der Waals surface area contributed by atoms with Crippen molar-refractivity contribution in [2.75, 3.05) is 18.5 Å². The maximum atomic E-state index is 11.6. The molecule has 0 radical (unpaired) electrons. The Kier molecular flexibility index (Phi) is 8.12. The topological polar surface area (TPSA) is 75.6 Å². The number of aryl methyl sites for hydroxylation is 1. The number of carbonyl (C=O) groups excluding carboxylic acids is 1. The van der Waals surface area contributed by atoms with Crippen LogP contribution in [0.3, 0.4) is 0 Å². The molecular weight excluding hydrogens is 270 g/mol. The van der Waals surface area contributed by atoms with E-state index in [0.717, 1.165) is 24.8 Å². The molecule has 0 spiro atoms. The van der Waals surface area contributed by atoms with E-state index in [0.29, 0.717) is 18.7 Å². The predicted octanol–water partition coefficient (Wildman–Crippen LogP) is 2.85. The molecule has 21 heavy (non-hydrogen) atoms. The van der Waals surface area contributed by atoms with Crippen LogP contribution in [-0.4, -0.2) is 30.2 Å². The molecule has 0 fully saturated rings. The van der Waals surface area contributed by atoms with Gasteiger partial charge in [0, 0.05) is 18.7 Å². The van der Waals surface area contributed by atoms with Gasteiger partial charge in [0.1, 0.15) is 6.61 Å². The van der Waals surface area contributed by atoms with Crippen LogP contribution in [0.1, 0.15) is 38.2 Å². The van der Waals surface area contributed by atoms with Gasteiger partial charge in [0.05, 0.1) is 0 Å². The van der Waals surface area contributed by atoms with Gasteiger partial charge in [-0.05, 0) is 30.5 Å². The van der Waals surface area contributed by atoms with Crippen molar-refractivity contribution in [2.24, 2.45) is 0 Å². The number of ether oxygens (including phenoxy) is 1. The van der Waals surface area contributed by atoms with Crippen molar-refractivity contribution in [1.29, 1.82) is 0 Å². The average molecular weight is 293 g/mol. The minimum atomic E-state index is -0.812. The van der Waals surface area contributed by atoms with Crippen molar-refractivity contribution in [3.8, 4) is 0 Å². The van der Waals surface area contributed by atoms with E-state index in [4.69, 9.17) is 9.84 Å². The first-order valence-electron chi connectivity index (χ1n) is 7.30. The third kappa shape index (κ3) is 8.09. The second-order valence-corrected chi connectivity index (χ2v) is 4.90. The quantitative estimate of drug-likeness (QED) is 0.650. The van der Waals surface area contributed by atoms with Gasteiger partial charge in [0.15, 0.2) is 0 Å². The fourth-order valence-electron chi connectivity index (χ4n) is 1.82. The van der Waals surface area contributed by atoms with Gasteiger partial charge in [-0.2, -0.15) is 0 Å². The molecule has 116 valence electrons. The van der Waals surface area contributed by atoms with Crippen molar-refractivity contribution in [2.45, 2.75) is 39.0 Å². The number of hydrogen-bond donors (Lipinski definition) is 2. The zero-order valence-electron chi connectivity index (χ0n) is 12.4. The summed E-state index contributed by atoms with van der Waals surface area (Å²) in [5, 5.41) is 11.4. The normalized spacial score (nSPS) is 10.3. The van der Waals surface area contributed by atoms with E-state index in [-0.39, 0.29) is 18.9 Å². The Morgan fingerprint density at radius 1 is 1.19 bits per heavy atom. The van der Waals surface area contributed by atoms with E-state index in [9.17, 15) is 9.59 Å². The second kappa shape index (κ2) is 9.94. The van der Waals surface area contributed by atoms with Gasteiger partial charge in [-0.25, -0.2) is 0 Å². The molecular formula is C16H23NO4. The number of nitrogens with one attached hydrogen (secondary N) is 1. The highest BCUT2D eigenvalue weighted by atomic mass is 16.5. The van der Waals surface area contributed by atoms with E-state index in [1.54, 1.807) is 12.1 Å². The number of carboxylic acid groups (broad SMARTS) is 1. The summed E-state index contributed by atoms with van der Waals surface area (Å²) in [5.74, 6) is -0.989. The first kappa shape index (κ1) is 17.2. The van der Waals surface area contributed by atoms with Crippen molar-refractivity contribution >= 4 is 17.6 Å². The molecule has 0 aliphatic carbocycles. The number of amides is 1. The third-order valence-electron chi connectivity index (χ3n) is 2.99. The molecule has 0 bridgehead atoms. The summed E-state index contributed by atoms with van der Waals surface area (Å²) < 4.78 is 5.28. The van der Waals surface area contributed by atoms with Crippen LogP contribution in [0.4, 0.5) is 5.69 Å². The molecule has 0 atom stereocenters. The Balaban J connectivity index is 2.27. The van der Waals surface area contributed by atoms with E-state index in [1.807, 2.05) is 12.1 Å². The number of carboxylic acids is 1. The largest absolute Gasteiger partial charge is 0.481 e. The number of benzene rings is 1. The molecule has 0 aliphatic rings. The molecule has 0 aromatic heterocycles. The van der Waals surface area contributed by atoms with Crippen LogP contribution in [0.25, 0.3) is 0 Å². The van der Waals surface area contributed by atoms with Crippen LogP contribution in [0, 0.1) is 0 Å². The van der Waals surface area contributed by atoms with Crippen LogP contribution >= 0.6 is 0 Å². The van der Waals surface area contributed by atoms with Crippen molar-refractivity contribution in [1.82, 2.24) is 0 Å². The minimum absolute atomic E-state index is 0.0600. The van der Waals surface area contributed by atoms with Gasteiger partial charge in [-0.15, -0.1) is 0 Å². The summed E-state index contributed by atoms with van der Waals surface area (Å²) in [7, 11) is 0. The fraction of sp³-hybridized carbons (Fsp3) is 0.500. The van der Waals surface area contributed by atoms with Crippen LogP contribution in [0.5, 0.6) is 0 Å². The molecule has 0 unspecified atom stereocenters. The van der Waals surface area contributed by atoms with Gasteiger partial charge in [-0.3, -0.25) is 9.59 Å². The van der Waals surface area contributed by atoms with Gasteiger partial charge in [0.25, 0.3) is 0 Å². The molecule has 1 aromatic rings. The lowest BCUT2D eigenvalue weighted by molar-refractivity contribution is -0.137. The summed E-state index contributed by atoms with van der Waals surface area (Å²) in [6.45, 7) is 2.78. The predicted molar refractivity (Wildman–Crippen MR) is 81.4 cm³/mol. The SMILES string of the molecule is CCCCCOCC(=O)Nc1ccc(CCC(=O)O)cc1. The van der Waals surface area contributed by atoms with Crippen LogP contribution in [0.2, 0.25) is 0 Å². The average Bonchev–Trinajstić information content (AvgIpc) is 2.46. The minimum Gasteiger partial charge on any atom is -0.481 e. The van der Waals surface area contributed by atoms with E-state index in [1.165, 1.54) is 0 Å². The molecule has 0 saturated heterocycles. The first-order valence-corrected chi connectivity index (χ1v) is 7.30. The van der Waals surface area contributed by atoms with Crippen LogP contribution in [0.15, 0.2) is 24.3 Å². The molecule has 2 N–H and O–H groups in total. The number of hydrogen-bond acceptors (Lipinski definition) is 3. The summed E-state index contributed by atoms with van der Waals surface area (Å²) >= 11 is 0. The highest BCUT2D eigenvalue weighted by Crippen LogP contribution is 2.11. The Bertz CT molecular complexity index is 442. The highest BCUT2D eigenvalue weighted by Gasteiger charge is 2.03. The van der Waals surface area contributed by atoms with Gasteiger partial charge in [0.2, 0.25) is 5.91 Å². The summed E-state index contributed by atoms with van der Waals surface area (Å²) in [6.07, 6.45) is 3.81. The van der Waals surface area contributed by atoms with E-state index < -0.39 is 5.97 Å². The van der Waals surface area contributed by atoms with Crippen LogP contribution < -0.4 is 5.32 Å². The molecule has 5 nitrogen and oxygen atoms in total. The number of rotatable bonds is 10. The Morgan fingerprint density at radius 2 is 1.90 bits per heavy atom. The molecule has 0 aliphatic heterocycles. The monoisotopic (exact) mass is 293 g/mol. The molecule has 5 heteroatoms. The Labute approximate surface area is 125 Å². The second-order valence-electron chi connectivity index (χ2n) is 4.90. The van der Waals surface area contributed by atoms with Gasteiger partial charge in [-0.1, -0.05) is 31.9 Å². The zero-order chi connectivity index (χ0) is 15.5. The van der Waals surface area contributed by atoms with Crippen molar-refractivity contribution in [3.05, 3.63) is 29.8 Å². The lowest BCUT2D eigenvalue weighted by Gasteiger charge is -2.07. The van der Waals surface area contributed by atoms with Crippen LogP contribution in [-0.2, 0) is 20.7 Å². The molecule has 0 saturated carbocycles. The highest BCUT2D eigenvalue weighted by molar-refractivity contribution is 5.91. The maximum Gasteiger partial charge on any atom is 0.303 e. The summed E-state index contributed by atoms with van der Waals surface area (Å²) in [5.41, 5.74) is 1.63. The molecule has 1 rings (SSSR count). The number of carbonyl (C=O) groups is 2. The van der Waals surface area contributed by atoms with E-state index >= 15 is 0 Å². The smallest absolute Gasteiger partial charge is 0.303 e.